The first-order chi connectivity index (χ1) is 16.9. The van der Waals surface area contributed by atoms with E-state index in [1.54, 1.807) is 27.7 Å². The van der Waals surface area contributed by atoms with Crippen LogP contribution in [0.15, 0.2) is 45.7 Å². The standard InChI is InChI=1S/C25H30N6O2S2/c1-6-13-30-23(20-14-34-17(4)19(20)7-2)27-28-25(30)35-15-21(32)26-22-16(3)29(5)31(24(22)33)18-11-9-8-10-12-18/h8-12,14H,6-7,13,15H2,1-5H3,(H,26,32). The number of thioether (sulfide) groups is 1. The summed E-state index contributed by atoms with van der Waals surface area (Å²) in [6.45, 7) is 8.98. The third-order valence-corrected chi connectivity index (χ3v) is 7.93. The molecule has 8 nitrogen and oxygen atoms in total. The lowest BCUT2D eigenvalue weighted by Gasteiger charge is -2.09. The highest BCUT2D eigenvalue weighted by molar-refractivity contribution is 7.99. The Bertz CT molecular complexity index is 1400. The summed E-state index contributed by atoms with van der Waals surface area (Å²) in [4.78, 5) is 27.2. The highest BCUT2D eigenvalue weighted by Gasteiger charge is 2.21. The number of nitrogens with zero attached hydrogens (tertiary/aromatic N) is 5. The lowest BCUT2D eigenvalue weighted by Crippen LogP contribution is -2.23. The fourth-order valence-electron chi connectivity index (χ4n) is 4.14. The normalized spacial score (nSPS) is 11.2. The minimum atomic E-state index is -0.258. The molecule has 0 saturated carbocycles. The highest BCUT2D eigenvalue weighted by atomic mass is 32.2. The van der Waals surface area contributed by atoms with Gasteiger partial charge in [0.25, 0.3) is 5.56 Å². The largest absolute Gasteiger partial charge is 0.319 e. The first-order valence-electron chi connectivity index (χ1n) is 11.6. The van der Waals surface area contributed by atoms with Gasteiger partial charge in [0.15, 0.2) is 11.0 Å². The summed E-state index contributed by atoms with van der Waals surface area (Å²) in [5, 5.41) is 14.5. The molecule has 10 heteroatoms. The van der Waals surface area contributed by atoms with Crippen LogP contribution in [-0.4, -0.2) is 35.8 Å². The minimum absolute atomic E-state index is 0.129. The Morgan fingerprint density at radius 2 is 1.89 bits per heavy atom. The Labute approximate surface area is 213 Å². The van der Waals surface area contributed by atoms with Gasteiger partial charge in [0.2, 0.25) is 5.91 Å². The van der Waals surface area contributed by atoms with Crippen molar-refractivity contribution in [2.45, 2.75) is 52.2 Å². The molecule has 0 aliphatic rings. The number of carbonyl (C=O) groups excluding carboxylic acids is 1. The van der Waals surface area contributed by atoms with Crippen molar-refractivity contribution in [3.05, 3.63) is 62.2 Å². The number of benzene rings is 1. The topological polar surface area (TPSA) is 86.7 Å². The lowest BCUT2D eigenvalue weighted by atomic mass is 10.1. The molecule has 4 rings (SSSR count). The van der Waals surface area contributed by atoms with E-state index in [1.807, 2.05) is 37.3 Å². The molecule has 1 N–H and O–H groups in total. The van der Waals surface area contributed by atoms with Gasteiger partial charge in [-0.15, -0.1) is 21.5 Å². The van der Waals surface area contributed by atoms with Gasteiger partial charge in [-0.25, -0.2) is 4.68 Å². The number of thiophene rings is 1. The molecule has 35 heavy (non-hydrogen) atoms. The van der Waals surface area contributed by atoms with E-state index >= 15 is 0 Å². The number of hydrogen-bond acceptors (Lipinski definition) is 6. The van der Waals surface area contributed by atoms with Gasteiger partial charge in [-0.2, -0.15) is 0 Å². The molecule has 184 valence electrons. The molecule has 0 bridgehead atoms. The number of rotatable bonds is 9. The fraction of sp³-hybridized carbons (Fsp3) is 0.360. The van der Waals surface area contributed by atoms with E-state index in [0.29, 0.717) is 16.5 Å². The van der Waals surface area contributed by atoms with Crippen molar-refractivity contribution in [3.63, 3.8) is 0 Å². The van der Waals surface area contributed by atoms with E-state index in [-0.39, 0.29) is 17.2 Å². The van der Waals surface area contributed by atoms with Gasteiger partial charge in [-0.05, 0) is 44.4 Å². The number of aryl methyl sites for hydroxylation is 1. The Kier molecular flexibility index (Phi) is 7.61. The number of amides is 1. The molecular weight excluding hydrogens is 480 g/mol. The number of anilines is 1. The predicted octanol–water partition coefficient (Wildman–Crippen LogP) is 4.82. The summed E-state index contributed by atoms with van der Waals surface area (Å²) in [6, 6.07) is 9.37. The molecule has 1 amide bonds. The summed E-state index contributed by atoms with van der Waals surface area (Å²) < 4.78 is 5.39. The molecule has 0 fully saturated rings. The molecule has 0 aliphatic heterocycles. The van der Waals surface area contributed by atoms with E-state index in [4.69, 9.17) is 0 Å². The van der Waals surface area contributed by atoms with Crippen LogP contribution in [0.4, 0.5) is 5.69 Å². The molecule has 1 aromatic carbocycles. The Morgan fingerprint density at radius 1 is 1.14 bits per heavy atom. The number of aromatic nitrogens is 5. The number of carbonyl (C=O) groups is 1. The van der Waals surface area contributed by atoms with Gasteiger partial charge in [-0.1, -0.05) is 43.8 Å². The summed E-state index contributed by atoms with van der Waals surface area (Å²) in [5.41, 5.74) is 3.88. The van der Waals surface area contributed by atoms with Gasteiger partial charge in [0.1, 0.15) is 5.69 Å². The summed E-state index contributed by atoms with van der Waals surface area (Å²) in [6.07, 6.45) is 1.86. The Balaban J connectivity index is 1.53. The molecule has 3 aromatic heterocycles. The van der Waals surface area contributed by atoms with E-state index < -0.39 is 0 Å². The predicted molar refractivity (Wildman–Crippen MR) is 143 cm³/mol. The minimum Gasteiger partial charge on any atom is -0.319 e. The van der Waals surface area contributed by atoms with Crippen molar-refractivity contribution in [1.29, 1.82) is 0 Å². The summed E-state index contributed by atoms with van der Waals surface area (Å²) in [7, 11) is 1.81. The molecule has 3 heterocycles. The van der Waals surface area contributed by atoms with Crippen LogP contribution < -0.4 is 10.9 Å². The second-order valence-electron chi connectivity index (χ2n) is 8.27. The van der Waals surface area contributed by atoms with E-state index in [2.05, 4.69) is 46.2 Å². The quantitative estimate of drug-likeness (QED) is 0.326. The van der Waals surface area contributed by atoms with Gasteiger partial charge < -0.3 is 9.88 Å². The first-order valence-corrected chi connectivity index (χ1v) is 13.5. The van der Waals surface area contributed by atoms with Gasteiger partial charge >= 0.3 is 0 Å². The van der Waals surface area contributed by atoms with E-state index in [0.717, 1.165) is 36.5 Å². The smallest absolute Gasteiger partial charge is 0.295 e. The van der Waals surface area contributed by atoms with Gasteiger partial charge in [-0.3, -0.25) is 14.3 Å². The average molecular weight is 511 g/mol. The van der Waals surface area contributed by atoms with Crippen LogP contribution in [0.25, 0.3) is 17.1 Å². The van der Waals surface area contributed by atoms with Gasteiger partial charge in [0.05, 0.1) is 17.1 Å². The SMILES string of the molecule is CCCn1c(SCC(=O)Nc2c(C)n(C)n(-c3ccccc3)c2=O)nnc1-c1csc(C)c1CC. The molecule has 0 aliphatic carbocycles. The fourth-order valence-corrected chi connectivity index (χ4v) is 5.85. The third kappa shape index (κ3) is 4.85. The molecule has 0 radical (unpaired) electrons. The van der Waals surface area contributed by atoms with Crippen LogP contribution in [0.5, 0.6) is 0 Å². The average Bonchev–Trinajstić information content (AvgIpc) is 3.49. The van der Waals surface area contributed by atoms with Crippen molar-refractivity contribution >= 4 is 34.7 Å². The molecule has 4 aromatic rings. The zero-order valence-electron chi connectivity index (χ0n) is 20.7. The zero-order valence-corrected chi connectivity index (χ0v) is 22.3. The second-order valence-corrected chi connectivity index (χ2v) is 10.3. The molecular formula is C25H30N6O2S2. The van der Waals surface area contributed by atoms with Crippen LogP contribution in [0, 0.1) is 13.8 Å². The van der Waals surface area contributed by atoms with Crippen molar-refractivity contribution < 1.29 is 4.79 Å². The molecule has 0 spiro atoms. The zero-order chi connectivity index (χ0) is 25.1. The Morgan fingerprint density at radius 3 is 2.57 bits per heavy atom. The van der Waals surface area contributed by atoms with E-state index in [1.165, 1.54) is 22.2 Å². The number of para-hydroxylation sites is 1. The maximum atomic E-state index is 13.1. The summed E-state index contributed by atoms with van der Waals surface area (Å²) in [5.74, 6) is 0.722. The van der Waals surface area contributed by atoms with Gasteiger partial charge in [0, 0.05) is 29.4 Å². The van der Waals surface area contributed by atoms with E-state index in [9.17, 15) is 9.59 Å². The number of hydrogen-bond donors (Lipinski definition) is 1. The highest BCUT2D eigenvalue weighted by Crippen LogP contribution is 2.32. The lowest BCUT2D eigenvalue weighted by molar-refractivity contribution is -0.113. The monoisotopic (exact) mass is 510 g/mol. The maximum Gasteiger partial charge on any atom is 0.295 e. The third-order valence-electron chi connectivity index (χ3n) is 6.01. The molecule has 0 saturated heterocycles. The number of nitrogens with one attached hydrogen (secondary N) is 1. The van der Waals surface area contributed by atoms with Crippen LogP contribution in [0.2, 0.25) is 0 Å². The van der Waals surface area contributed by atoms with Crippen molar-refractivity contribution in [1.82, 2.24) is 24.1 Å². The van der Waals surface area contributed by atoms with Crippen LogP contribution in [-0.2, 0) is 24.8 Å². The molecule has 0 atom stereocenters. The van der Waals surface area contributed by atoms with Crippen LogP contribution in [0.1, 0.15) is 36.4 Å². The van der Waals surface area contributed by atoms with Crippen molar-refractivity contribution in [2.24, 2.45) is 7.05 Å². The maximum absolute atomic E-state index is 13.1. The van der Waals surface area contributed by atoms with Crippen LogP contribution >= 0.6 is 23.1 Å². The summed E-state index contributed by atoms with van der Waals surface area (Å²) >= 11 is 3.06. The second kappa shape index (κ2) is 10.7. The Hall–Kier alpha value is -3.11. The van der Waals surface area contributed by atoms with Crippen LogP contribution in [0.3, 0.4) is 0 Å². The van der Waals surface area contributed by atoms with Crippen molar-refractivity contribution in [2.75, 3.05) is 11.1 Å². The first kappa shape index (κ1) is 25.0. The van der Waals surface area contributed by atoms with Crippen molar-refractivity contribution in [3.8, 4) is 17.1 Å². The molecule has 0 unspecified atom stereocenters.